The Balaban J connectivity index is 2.10. The van der Waals surface area contributed by atoms with Crippen LogP contribution in [0.25, 0.3) is 0 Å². The molecule has 0 saturated carbocycles. The van der Waals surface area contributed by atoms with E-state index >= 15 is 0 Å². The molecule has 1 aliphatic heterocycles. The van der Waals surface area contributed by atoms with Crippen molar-refractivity contribution in [1.29, 1.82) is 0 Å². The fourth-order valence-electron chi connectivity index (χ4n) is 1.99. The van der Waals surface area contributed by atoms with Crippen LogP contribution in [0.2, 0.25) is 0 Å². The topological polar surface area (TPSA) is 35.5 Å². The molecule has 1 unspecified atom stereocenters. The predicted molar refractivity (Wildman–Crippen MR) is 59.4 cm³/mol. The van der Waals surface area contributed by atoms with Crippen molar-refractivity contribution in [2.24, 2.45) is 0 Å². The van der Waals surface area contributed by atoms with Crippen LogP contribution in [0, 0.1) is 0 Å². The van der Waals surface area contributed by atoms with Crippen LogP contribution < -0.4 is 5.32 Å². The average Bonchev–Trinajstić information content (AvgIpc) is 2.18. The number of nitrogens with zero attached hydrogens (tertiary/aromatic N) is 1. The number of aliphatic hydroxyl groups excluding tert-OH is 1. The summed E-state index contributed by atoms with van der Waals surface area (Å²) in [6.07, 6.45) is 3.86. The van der Waals surface area contributed by atoms with Gasteiger partial charge in [0, 0.05) is 19.1 Å². The zero-order valence-corrected chi connectivity index (χ0v) is 9.50. The van der Waals surface area contributed by atoms with Crippen LogP contribution in [0.3, 0.4) is 0 Å². The molecule has 1 heterocycles. The lowest BCUT2D eigenvalue weighted by atomic mass is 10.1. The van der Waals surface area contributed by atoms with Gasteiger partial charge in [0.1, 0.15) is 0 Å². The van der Waals surface area contributed by atoms with Crippen molar-refractivity contribution in [2.75, 3.05) is 26.2 Å². The van der Waals surface area contributed by atoms with Crippen LogP contribution in [0.15, 0.2) is 0 Å². The first-order chi connectivity index (χ1) is 6.70. The SMILES string of the molecule is CC(CNC[C@@H](C)O)N1CCCCC1. The van der Waals surface area contributed by atoms with Crippen LogP contribution in [0.5, 0.6) is 0 Å². The molecule has 0 aromatic heterocycles. The summed E-state index contributed by atoms with van der Waals surface area (Å²) in [4.78, 5) is 2.54. The molecule has 0 aromatic rings. The summed E-state index contributed by atoms with van der Waals surface area (Å²) in [5.74, 6) is 0. The van der Waals surface area contributed by atoms with Crippen LogP contribution >= 0.6 is 0 Å². The Morgan fingerprint density at radius 3 is 2.36 bits per heavy atom. The smallest absolute Gasteiger partial charge is 0.0636 e. The van der Waals surface area contributed by atoms with Gasteiger partial charge in [0.15, 0.2) is 0 Å². The summed E-state index contributed by atoms with van der Waals surface area (Å²) in [6, 6.07) is 0.606. The maximum Gasteiger partial charge on any atom is 0.0636 e. The van der Waals surface area contributed by atoms with Crippen molar-refractivity contribution in [3.8, 4) is 0 Å². The highest BCUT2D eigenvalue weighted by atomic mass is 16.3. The van der Waals surface area contributed by atoms with E-state index in [0.29, 0.717) is 12.6 Å². The Kier molecular flexibility index (Phi) is 5.45. The van der Waals surface area contributed by atoms with Gasteiger partial charge in [-0.25, -0.2) is 0 Å². The summed E-state index contributed by atoms with van der Waals surface area (Å²) in [6.45, 7) is 8.27. The molecule has 3 nitrogen and oxygen atoms in total. The quantitative estimate of drug-likeness (QED) is 0.690. The molecule has 14 heavy (non-hydrogen) atoms. The molecule has 2 atom stereocenters. The van der Waals surface area contributed by atoms with E-state index in [9.17, 15) is 0 Å². The first kappa shape index (κ1) is 12.0. The summed E-state index contributed by atoms with van der Waals surface area (Å²) in [7, 11) is 0. The number of rotatable bonds is 5. The van der Waals surface area contributed by atoms with E-state index in [0.717, 1.165) is 6.54 Å². The normalized spacial score (nSPS) is 23.4. The third-order valence-electron chi connectivity index (χ3n) is 2.89. The summed E-state index contributed by atoms with van der Waals surface area (Å²) in [5, 5.41) is 12.4. The Morgan fingerprint density at radius 2 is 1.79 bits per heavy atom. The molecular weight excluding hydrogens is 176 g/mol. The molecule has 1 saturated heterocycles. The van der Waals surface area contributed by atoms with Crippen molar-refractivity contribution in [2.45, 2.75) is 45.3 Å². The molecule has 0 radical (unpaired) electrons. The maximum absolute atomic E-state index is 9.10. The van der Waals surface area contributed by atoms with Gasteiger partial charge >= 0.3 is 0 Å². The molecule has 1 fully saturated rings. The lowest BCUT2D eigenvalue weighted by Gasteiger charge is -2.32. The van der Waals surface area contributed by atoms with Gasteiger partial charge in [-0.3, -0.25) is 4.90 Å². The van der Waals surface area contributed by atoms with E-state index < -0.39 is 0 Å². The van der Waals surface area contributed by atoms with Gasteiger partial charge in [-0.2, -0.15) is 0 Å². The minimum Gasteiger partial charge on any atom is -0.392 e. The lowest BCUT2D eigenvalue weighted by molar-refractivity contribution is 0.157. The van der Waals surface area contributed by atoms with Gasteiger partial charge < -0.3 is 10.4 Å². The number of hydrogen-bond acceptors (Lipinski definition) is 3. The lowest BCUT2D eigenvalue weighted by Crippen LogP contribution is -2.44. The highest BCUT2D eigenvalue weighted by Crippen LogP contribution is 2.11. The van der Waals surface area contributed by atoms with Gasteiger partial charge in [-0.05, 0) is 39.8 Å². The van der Waals surface area contributed by atoms with Crippen LogP contribution in [0.1, 0.15) is 33.1 Å². The second kappa shape index (κ2) is 6.38. The van der Waals surface area contributed by atoms with Crippen LogP contribution in [0.4, 0.5) is 0 Å². The first-order valence-corrected chi connectivity index (χ1v) is 5.83. The second-order valence-electron chi connectivity index (χ2n) is 4.45. The van der Waals surface area contributed by atoms with Gasteiger partial charge in [0.05, 0.1) is 6.10 Å². The first-order valence-electron chi connectivity index (χ1n) is 5.83. The third-order valence-corrected chi connectivity index (χ3v) is 2.89. The van der Waals surface area contributed by atoms with Gasteiger partial charge in [-0.1, -0.05) is 6.42 Å². The van der Waals surface area contributed by atoms with Crippen LogP contribution in [-0.2, 0) is 0 Å². The van der Waals surface area contributed by atoms with Crippen LogP contribution in [-0.4, -0.2) is 48.3 Å². The molecular formula is C11H24N2O. The monoisotopic (exact) mass is 200 g/mol. The summed E-state index contributed by atoms with van der Waals surface area (Å²) < 4.78 is 0. The summed E-state index contributed by atoms with van der Waals surface area (Å²) >= 11 is 0. The average molecular weight is 200 g/mol. The van der Waals surface area contributed by atoms with E-state index in [1.54, 1.807) is 0 Å². The highest BCUT2D eigenvalue weighted by molar-refractivity contribution is 4.73. The zero-order chi connectivity index (χ0) is 10.4. The fraction of sp³-hybridized carbons (Fsp3) is 1.00. The van der Waals surface area contributed by atoms with E-state index in [4.69, 9.17) is 5.11 Å². The minimum absolute atomic E-state index is 0.233. The highest BCUT2D eigenvalue weighted by Gasteiger charge is 2.15. The van der Waals surface area contributed by atoms with Crippen molar-refractivity contribution < 1.29 is 5.11 Å². The molecule has 0 aromatic carbocycles. The molecule has 0 bridgehead atoms. The van der Waals surface area contributed by atoms with E-state index in [1.807, 2.05) is 6.92 Å². The molecule has 84 valence electrons. The number of piperidine rings is 1. The predicted octanol–water partition coefficient (Wildman–Crippen LogP) is 0.831. The van der Waals surface area contributed by atoms with Crippen molar-refractivity contribution in [3.63, 3.8) is 0 Å². The standard InChI is InChI=1S/C11H24N2O/c1-10(8-12-9-11(2)14)13-6-4-3-5-7-13/h10-12,14H,3-9H2,1-2H3/t10?,11-/m1/s1. The molecule has 1 aliphatic rings. The fourth-order valence-corrected chi connectivity index (χ4v) is 1.99. The molecule has 1 rings (SSSR count). The number of nitrogens with one attached hydrogen (secondary N) is 1. The zero-order valence-electron chi connectivity index (χ0n) is 9.50. The largest absolute Gasteiger partial charge is 0.392 e. The Morgan fingerprint density at radius 1 is 1.14 bits per heavy atom. The van der Waals surface area contributed by atoms with Gasteiger partial charge in [0.2, 0.25) is 0 Å². The van der Waals surface area contributed by atoms with Gasteiger partial charge in [0.25, 0.3) is 0 Å². The van der Waals surface area contributed by atoms with E-state index in [-0.39, 0.29) is 6.10 Å². The molecule has 3 heteroatoms. The second-order valence-corrected chi connectivity index (χ2v) is 4.45. The minimum atomic E-state index is -0.233. The Labute approximate surface area is 87.5 Å². The van der Waals surface area contributed by atoms with Crippen molar-refractivity contribution in [1.82, 2.24) is 10.2 Å². The number of aliphatic hydroxyl groups is 1. The third kappa shape index (κ3) is 4.40. The molecule has 0 spiro atoms. The van der Waals surface area contributed by atoms with Gasteiger partial charge in [-0.15, -0.1) is 0 Å². The number of hydrogen-bond donors (Lipinski definition) is 2. The van der Waals surface area contributed by atoms with Crippen molar-refractivity contribution >= 4 is 0 Å². The van der Waals surface area contributed by atoms with E-state index in [2.05, 4.69) is 17.1 Å². The molecule has 0 amide bonds. The van der Waals surface area contributed by atoms with Crippen molar-refractivity contribution in [3.05, 3.63) is 0 Å². The van der Waals surface area contributed by atoms with E-state index in [1.165, 1.54) is 32.4 Å². The summed E-state index contributed by atoms with van der Waals surface area (Å²) in [5.41, 5.74) is 0. The Hall–Kier alpha value is -0.120. The maximum atomic E-state index is 9.10. The number of likely N-dealkylation sites (tertiary alicyclic amines) is 1. The molecule has 2 N–H and O–H groups in total. The Bertz CT molecular complexity index is 144. The molecule has 0 aliphatic carbocycles.